The van der Waals surface area contributed by atoms with E-state index >= 15 is 0 Å². The summed E-state index contributed by atoms with van der Waals surface area (Å²) < 4.78 is 5.24. The van der Waals surface area contributed by atoms with Gasteiger partial charge < -0.3 is 9.94 Å². The molecule has 0 bridgehead atoms. The van der Waals surface area contributed by atoms with Gasteiger partial charge in [0.05, 0.1) is 18.9 Å². The highest BCUT2D eigenvalue weighted by atomic mass is 79.9. The Morgan fingerprint density at radius 1 is 1.64 bits per heavy atom. The third-order valence-electron chi connectivity index (χ3n) is 1.65. The Morgan fingerprint density at radius 2 is 2.36 bits per heavy atom. The van der Waals surface area contributed by atoms with Crippen LogP contribution in [0.4, 0.5) is 0 Å². The Kier molecular flexibility index (Phi) is 3.64. The largest absolute Gasteiger partial charge is 0.465 e. The first-order valence-electron chi connectivity index (χ1n) is 3.75. The molecule has 0 saturated carbocycles. The summed E-state index contributed by atoms with van der Waals surface area (Å²) in [5.74, 6) is -0.471. The number of benzene rings is 1. The first kappa shape index (κ1) is 10.7. The molecule has 0 heterocycles. The van der Waals surface area contributed by atoms with Gasteiger partial charge in [0.1, 0.15) is 0 Å². The van der Waals surface area contributed by atoms with Gasteiger partial charge in [0.2, 0.25) is 0 Å². The second-order valence-corrected chi connectivity index (χ2v) is 3.29. The molecule has 0 spiro atoms. The van der Waals surface area contributed by atoms with Crippen molar-refractivity contribution in [2.75, 3.05) is 7.11 Å². The average Bonchev–Trinajstić information content (AvgIpc) is 2.20. The van der Waals surface area contributed by atoms with Crippen LogP contribution in [0.25, 0.3) is 0 Å². The smallest absolute Gasteiger partial charge is 0.338 e. The third-order valence-corrected chi connectivity index (χ3v) is 2.34. The molecule has 0 radical (unpaired) electrons. The second kappa shape index (κ2) is 4.76. The summed E-state index contributed by atoms with van der Waals surface area (Å²) >= 11 is 3.24. The molecule has 0 saturated heterocycles. The van der Waals surface area contributed by atoms with Crippen LogP contribution < -0.4 is 0 Å². The highest BCUT2D eigenvalue weighted by Crippen LogP contribution is 2.19. The fourth-order valence-electron chi connectivity index (χ4n) is 1.01. The Morgan fingerprint density at radius 3 is 2.93 bits per heavy atom. The fraction of sp³-hybridized carbons (Fsp3) is 0.111. The van der Waals surface area contributed by atoms with Gasteiger partial charge >= 0.3 is 5.97 Å². The van der Waals surface area contributed by atoms with Crippen LogP contribution in [0, 0.1) is 0 Å². The molecule has 0 aromatic heterocycles. The van der Waals surface area contributed by atoms with Crippen molar-refractivity contribution in [2.24, 2.45) is 5.16 Å². The van der Waals surface area contributed by atoms with E-state index in [2.05, 4.69) is 25.8 Å². The lowest BCUT2D eigenvalue weighted by atomic mass is 10.1. The van der Waals surface area contributed by atoms with Gasteiger partial charge in [-0.2, -0.15) is 0 Å². The molecule has 0 aliphatic heterocycles. The van der Waals surface area contributed by atoms with Gasteiger partial charge in [-0.1, -0.05) is 27.2 Å². The van der Waals surface area contributed by atoms with Gasteiger partial charge in [-0.15, -0.1) is 0 Å². The van der Waals surface area contributed by atoms with Gasteiger partial charge in [0.15, 0.2) is 0 Å². The first-order valence-corrected chi connectivity index (χ1v) is 4.54. The number of hydrogen-bond donors (Lipinski definition) is 1. The van der Waals surface area contributed by atoms with Crippen LogP contribution in [0.2, 0.25) is 0 Å². The predicted molar refractivity (Wildman–Crippen MR) is 54.9 cm³/mol. The van der Waals surface area contributed by atoms with E-state index < -0.39 is 5.97 Å². The van der Waals surface area contributed by atoms with Crippen molar-refractivity contribution < 1.29 is 14.7 Å². The van der Waals surface area contributed by atoms with Crippen LogP contribution in [0.15, 0.2) is 27.8 Å². The summed E-state index contributed by atoms with van der Waals surface area (Å²) in [6, 6.07) is 5.03. The fourth-order valence-corrected chi connectivity index (χ4v) is 1.48. The van der Waals surface area contributed by atoms with E-state index in [4.69, 9.17) is 5.21 Å². The van der Waals surface area contributed by atoms with Crippen LogP contribution in [-0.2, 0) is 4.74 Å². The summed E-state index contributed by atoms with van der Waals surface area (Å²) in [6.45, 7) is 0. The van der Waals surface area contributed by atoms with Crippen LogP contribution in [-0.4, -0.2) is 24.5 Å². The lowest BCUT2D eigenvalue weighted by Crippen LogP contribution is -2.05. The number of rotatable bonds is 2. The monoisotopic (exact) mass is 257 g/mol. The number of ether oxygens (including phenoxy) is 1. The Bertz CT molecular complexity index is 376. The maximum Gasteiger partial charge on any atom is 0.338 e. The van der Waals surface area contributed by atoms with Gasteiger partial charge in [-0.05, 0) is 12.1 Å². The zero-order valence-corrected chi connectivity index (χ0v) is 8.98. The highest BCUT2D eigenvalue weighted by Gasteiger charge is 2.12. The molecule has 14 heavy (non-hydrogen) atoms. The van der Waals surface area contributed by atoms with Crippen molar-refractivity contribution in [1.29, 1.82) is 0 Å². The molecule has 1 aromatic carbocycles. The normalized spacial score (nSPS) is 10.4. The van der Waals surface area contributed by atoms with E-state index in [1.54, 1.807) is 18.2 Å². The van der Waals surface area contributed by atoms with E-state index in [0.29, 0.717) is 15.6 Å². The van der Waals surface area contributed by atoms with E-state index in [0.717, 1.165) is 0 Å². The maximum atomic E-state index is 11.3. The number of nitrogens with zero attached hydrogens (tertiary/aromatic N) is 1. The molecule has 4 nitrogen and oxygen atoms in total. The van der Waals surface area contributed by atoms with E-state index in [1.165, 1.54) is 13.3 Å². The molecule has 5 heteroatoms. The Hall–Kier alpha value is -1.36. The highest BCUT2D eigenvalue weighted by molar-refractivity contribution is 9.10. The molecule has 1 aromatic rings. The zero-order valence-electron chi connectivity index (χ0n) is 7.40. The van der Waals surface area contributed by atoms with Crippen molar-refractivity contribution in [1.82, 2.24) is 0 Å². The summed E-state index contributed by atoms with van der Waals surface area (Å²) in [5.41, 5.74) is 0.835. The quantitative estimate of drug-likeness (QED) is 0.382. The molecule has 0 amide bonds. The Labute approximate surface area is 89.3 Å². The van der Waals surface area contributed by atoms with Crippen molar-refractivity contribution in [3.05, 3.63) is 33.8 Å². The van der Waals surface area contributed by atoms with Crippen LogP contribution in [0.3, 0.4) is 0 Å². The average molecular weight is 258 g/mol. The summed E-state index contributed by atoms with van der Waals surface area (Å²) in [7, 11) is 1.29. The minimum absolute atomic E-state index is 0.347. The topological polar surface area (TPSA) is 58.9 Å². The molecule has 0 aliphatic carbocycles. The first-order chi connectivity index (χ1) is 6.70. The zero-order chi connectivity index (χ0) is 10.6. The summed E-state index contributed by atoms with van der Waals surface area (Å²) in [5, 5.41) is 11.3. The van der Waals surface area contributed by atoms with Gasteiger partial charge in [-0.3, -0.25) is 0 Å². The molecule has 74 valence electrons. The molecule has 0 unspecified atom stereocenters. The van der Waals surface area contributed by atoms with Crippen molar-refractivity contribution in [3.8, 4) is 0 Å². The Balaban J connectivity index is 3.27. The summed E-state index contributed by atoms with van der Waals surface area (Å²) in [4.78, 5) is 11.3. The van der Waals surface area contributed by atoms with E-state index in [9.17, 15) is 4.79 Å². The third kappa shape index (κ3) is 2.11. The molecule has 0 fully saturated rings. The standard InChI is InChI=1S/C9H8BrNO3/c1-14-9(12)6-3-2-4-8(10)7(6)5-11-13/h2-5,13H,1H3/b11-5+. The maximum absolute atomic E-state index is 11.3. The molecular weight excluding hydrogens is 250 g/mol. The summed E-state index contributed by atoms with van der Waals surface area (Å²) in [6.07, 6.45) is 1.18. The molecular formula is C9H8BrNO3. The van der Waals surface area contributed by atoms with Crippen LogP contribution >= 0.6 is 15.9 Å². The minimum Gasteiger partial charge on any atom is -0.465 e. The number of methoxy groups -OCH3 is 1. The SMILES string of the molecule is COC(=O)c1cccc(Br)c1/C=N/O. The number of oxime groups is 1. The van der Waals surface area contributed by atoms with Gasteiger partial charge in [-0.25, -0.2) is 4.79 Å². The molecule has 0 aliphatic rings. The number of esters is 1. The second-order valence-electron chi connectivity index (χ2n) is 2.44. The van der Waals surface area contributed by atoms with Crippen molar-refractivity contribution in [3.63, 3.8) is 0 Å². The molecule has 1 rings (SSSR count). The number of hydrogen-bond acceptors (Lipinski definition) is 4. The van der Waals surface area contributed by atoms with Crippen molar-refractivity contribution >= 4 is 28.1 Å². The van der Waals surface area contributed by atoms with Crippen molar-refractivity contribution in [2.45, 2.75) is 0 Å². The van der Waals surface area contributed by atoms with E-state index in [-0.39, 0.29) is 0 Å². The number of halogens is 1. The predicted octanol–water partition coefficient (Wildman–Crippen LogP) is 2.04. The molecule has 0 atom stereocenters. The van der Waals surface area contributed by atoms with Gasteiger partial charge in [0.25, 0.3) is 0 Å². The number of carbonyl (C=O) groups excluding carboxylic acids is 1. The van der Waals surface area contributed by atoms with E-state index in [1.807, 2.05) is 0 Å². The van der Waals surface area contributed by atoms with Gasteiger partial charge in [0, 0.05) is 10.0 Å². The minimum atomic E-state index is -0.471. The lowest BCUT2D eigenvalue weighted by molar-refractivity contribution is 0.0600. The number of carbonyl (C=O) groups is 1. The lowest BCUT2D eigenvalue weighted by Gasteiger charge is -2.04. The van der Waals surface area contributed by atoms with Crippen LogP contribution in [0.1, 0.15) is 15.9 Å². The van der Waals surface area contributed by atoms with Crippen LogP contribution in [0.5, 0.6) is 0 Å². The molecule has 1 N–H and O–H groups in total.